The van der Waals surface area contributed by atoms with Gasteiger partial charge in [-0.3, -0.25) is 4.79 Å². The Kier molecular flexibility index (Phi) is 8.10. The van der Waals surface area contributed by atoms with Crippen molar-refractivity contribution in [2.45, 2.75) is 66.5 Å². The van der Waals surface area contributed by atoms with Gasteiger partial charge in [0.05, 0.1) is 24.2 Å². The van der Waals surface area contributed by atoms with Crippen molar-refractivity contribution in [3.05, 3.63) is 59.4 Å². The molecule has 0 bridgehead atoms. The first-order chi connectivity index (χ1) is 15.0. The van der Waals surface area contributed by atoms with Gasteiger partial charge in [-0.2, -0.15) is 0 Å². The second-order valence-electron chi connectivity index (χ2n) is 8.15. The minimum absolute atomic E-state index is 0.0695. The van der Waals surface area contributed by atoms with Gasteiger partial charge in [-0.1, -0.05) is 38.1 Å². The average Bonchev–Trinajstić information content (AvgIpc) is 3.13. The Morgan fingerprint density at radius 1 is 1.06 bits per heavy atom. The number of hydrogen-bond donors (Lipinski definition) is 1. The van der Waals surface area contributed by atoms with Crippen LogP contribution < -0.4 is 10.1 Å². The minimum atomic E-state index is 0.0695. The summed E-state index contributed by atoms with van der Waals surface area (Å²) in [5.74, 6) is 2.07. The fraction of sp³-hybridized carbons (Fsp3) is 0.462. The largest absolute Gasteiger partial charge is 0.493 e. The van der Waals surface area contributed by atoms with Crippen LogP contribution in [0.3, 0.4) is 0 Å². The Morgan fingerprint density at radius 3 is 2.61 bits per heavy atom. The van der Waals surface area contributed by atoms with E-state index in [1.807, 2.05) is 30.3 Å². The van der Waals surface area contributed by atoms with Crippen LogP contribution >= 0.6 is 0 Å². The lowest BCUT2D eigenvalue weighted by Gasteiger charge is -2.14. The molecule has 5 nitrogen and oxygen atoms in total. The topological polar surface area (TPSA) is 56.2 Å². The maximum atomic E-state index is 12.4. The summed E-state index contributed by atoms with van der Waals surface area (Å²) in [5.41, 5.74) is 4.55. The lowest BCUT2D eigenvalue weighted by molar-refractivity contribution is -0.125. The number of aryl methyl sites for hydroxylation is 2. The van der Waals surface area contributed by atoms with Gasteiger partial charge in [0.1, 0.15) is 11.6 Å². The van der Waals surface area contributed by atoms with Crippen molar-refractivity contribution in [1.29, 1.82) is 0 Å². The van der Waals surface area contributed by atoms with Gasteiger partial charge in [0.15, 0.2) is 0 Å². The van der Waals surface area contributed by atoms with Crippen molar-refractivity contribution in [2.24, 2.45) is 5.92 Å². The Balaban J connectivity index is 1.60. The summed E-state index contributed by atoms with van der Waals surface area (Å²) in [6.07, 6.45) is 3.66. The number of fused-ring (bicyclic) bond motifs is 1. The van der Waals surface area contributed by atoms with Crippen LogP contribution in [0.15, 0.2) is 42.5 Å². The summed E-state index contributed by atoms with van der Waals surface area (Å²) >= 11 is 0. The molecule has 31 heavy (non-hydrogen) atoms. The highest BCUT2D eigenvalue weighted by atomic mass is 16.5. The quantitative estimate of drug-likeness (QED) is 0.412. The van der Waals surface area contributed by atoms with E-state index in [0.29, 0.717) is 13.2 Å². The number of imidazole rings is 1. The average molecular weight is 422 g/mol. The number of nitrogens with zero attached hydrogens (tertiary/aromatic N) is 2. The van der Waals surface area contributed by atoms with Crippen LogP contribution in [0, 0.1) is 19.8 Å². The Bertz CT molecular complexity index is 1010. The summed E-state index contributed by atoms with van der Waals surface area (Å²) in [6.45, 7) is 10.3. The third-order valence-electron chi connectivity index (χ3n) is 6.10. The molecule has 0 fully saturated rings. The van der Waals surface area contributed by atoms with Crippen molar-refractivity contribution >= 4 is 16.9 Å². The smallest absolute Gasteiger partial charge is 0.223 e. The molecule has 0 aliphatic heterocycles. The monoisotopic (exact) mass is 421 g/mol. The van der Waals surface area contributed by atoms with Crippen LogP contribution in [0.5, 0.6) is 5.75 Å². The Hall–Kier alpha value is -2.82. The number of aromatic nitrogens is 2. The molecule has 0 saturated carbocycles. The molecule has 0 radical (unpaired) electrons. The van der Waals surface area contributed by atoms with E-state index >= 15 is 0 Å². The van der Waals surface area contributed by atoms with Crippen LogP contribution in [0.2, 0.25) is 0 Å². The van der Waals surface area contributed by atoms with E-state index in [2.05, 4.69) is 49.7 Å². The van der Waals surface area contributed by atoms with E-state index < -0.39 is 0 Å². The van der Waals surface area contributed by atoms with Crippen LogP contribution in [0.25, 0.3) is 11.0 Å². The highest BCUT2D eigenvalue weighted by Gasteiger charge is 2.16. The predicted octanol–water partition coefficient (Wildman–Crippen LogP) is 5.56. The number of nitrogens with one attached hydrogen (secondary N) is 1. The van der Waals surface area contributed by atoms with Crippen molar-refractivity contribution in [2.75, 3.05) is 6.61 Å². The highest BCUT2D eigenvalue weighted by molar-refractivity contribution is 5.79. The zero-order valence-corrected chi connectivity index (χ0v) is 19.3. The second kappa shape index (κ2) is 11.0. The van der Waals surface area contributed by atoms with Gasteiger partial charge in [-0.25, -0.2) is 4.98 Å². The molecule has 1 amide bonds. The summed E-state index contributed by atoms with van der Waals surface area (Å²) < 4.78 is 8.24. The predicted molar refractivity (Wildman–Crippen MR) is 126 cm³/mol. The number of carbonyl (C=O) groups excluding carboxylic acids is 1. The van der Waals surface area contributed by atoms with Crippen LogP contribution in [0.1, 0.15) is 56.5 Å². The van der Waals surface area contributed by atoms with Gasteiger partial charge < -0.3 is 14.6 Å². The van der Waals surface area contributed by atoms with Crippen LogP contribution in [-0.2, 0) is 17.9 Å². The lowest BCUT2D eigenvalue weighted by atomic mass is 10.0. The summed E-state index contributed by atoms with van der Waals surface area (Å²) in [4.78, 5) is 17.2. The Morgan fingerprint density at radius 2 is 1.84 bits per heavy atom. The molecule has 3 aromatic rings. The summed E-state index contributed by atoms with van der Waals surface area (Å²) in [5, 5.41) is 3.09. The molecule has 3 rings (SSSR count). The number of carbonyl (C=O) groups is 1. The molecule has 5 heteroatoms. The SMILES string of the molecule is CCC(CC)C(=O)NCc1nc2ccccc2n1CCCCOc1cccc(C)c1C. The highest BCUT2D eigenvalue weighted by Crippen LogP contribution is 2.21. The summed E-state index contributed by atoms with van der Waals surface area (Å²) in [6, 6.07) is 14.4. The van der Waals surface area contributed by atoms with Gasteiger partial charge in [-0.05, 0) is 68.9 Å². The fourth-order valence-corrected chi connectivity index (χ4v) is 3.91. The van der Waals surface area contributed by atoms with E-state index in [9.17, 15) is 4.79 Å². The molecular formula is C26H35N3O2. The minimum Gasteiger partial charge on any atom is -0.493 e. The van der Waals surface area contributed by atoms with E-state index in [1.165, 1.54) is 11.1 Å². The molecule has 1 N–H and O–H groups in total. The first kappa shape index (κ1) is 22.9. The molecule has 0 aliphatic rings. The van der Waals surface area contributed by atoms with Crippen molar-refractivity contribution in [1.82, 2.24) is 14.9 Å². The van der Waals surface area contributed by atoms with E-state index in [-0.39, 0.29) is 11.8 Å². The standard InChI is InChI=1S/C26H35N3O2/c1-5-21(6-2)26(30)27-18-25-28-22-13-7-8-14-23(22)29(25)16-9-10-17-31-24-15-11-12-19(3)20(24)4/h7-8,11-15,21H,5-6,9-10,16-18H2,1-4H3,(H,27,30). The number of ether oxygens (including phenoxy) is 1. The Labute approximate surface area is 185 Å². The molecule has 1 heterocycles. The van der Waals surface area contributed by atoms with Crippen molar-refractivity contribution in [3.8, 4) is 5.75 Å². The van der Waals surface area contributed by atoms with Gasteiger partial charge in [0.25, 0.3) is 0 Å². The normalized spacial score (nSPS) is 11.3. The van der Waals surface area contributed by atoms with E-state index in [1.54, 1.807) is 0 Å². The number of unbranched alkanes of at least 4 members (excludes halogenated alkanes) is 1. The first-order valence-corrected chi connectivity index (χ1v) is 11.5. The first-order valence-electron chi connectivity index (χ1n) is 11.5. The lowest BCUT2D eigenvalue weighted by Crippen LogP contribution is -2.30. The third-order valence-corrected chi connectivity index (χ3v) is 6.10. The van der Waals surface area contributed by atoms with Crippen LogP contribution in [0.4, 0.5) is 0 Å². The van der Waals surface area contributed by atoms with E-state index in [4.69, 9.17) is 9.72 Å². The maximum absolute atomic E-state index is 12.4. The number of benzene rings is 2. The van der Waals surface area contributed by atoms with Gasteiger partial charge >= 0.3 is 0 Å². The molecule has 0 spiro atoms. The molecule has 0 unspecified atom stereocenters. The number of rotatable bonds is 11. The second-order valence-corrected chi connectivity index (χ2v) is 8.15. The van der Waals surface area contributed by atoms with Crippen molar-refractivity contribution < 1.29 is 9.53 Å². The zero-order valence-electron chi connectivity index (χ0n) is 19.3. The fourth-order valence-electron chi connectivity index (χ4n) is 3.91. The molecule has 166 valence electrons. The zero-order chi connectivity index (χ0) is 22.2. The molecule has 0 aliphatic carbocycles. The van der Waals surface area contributed by atoms with Gasteiger partial charge in [0.2, 0.25) is 5.91 Å². The third kappa shape index (κ3) is 5.66. The molecule has 1 aromatic heterocycles. The molecule has 2 aromatic carbocycles. The summed E-state index contributed by atoms with van der Waals surface area (Å²) in [7, 11) is 0. The number of amides is 1. The number of hydrogen-bond acceptors (Lipinski definition) is 3. The van der Waals surface area contributed by atoms with Crippen molar-refractivity contribution in [3.63, 3.8) is 0 Å². The van der Waals surface area contributed by atoms with Gasteiger partial charge in [0, 0.05) is 12.5 Å². The number of para-hydroxylation sites is 2. The van der Waals surface area contributed by atoms with Gasteiger partial charge in [-0.15, -0.1) is 0 Å². The van der Waals surface area contributed by atoms with E-state index in [0.717, 1.165) is 54.8 Å². The van der Waals surface area contributed by atoms with Crippen LogP contribution in [-0.4, -0.2) is 22.1 Å². The molecule has 0 saturated heterocycles. The maximum Gasteiger partial charge on any atom is 0.223 e. The molecule has 0 atom stereocenters. The molecular weight excluding hydrogens is 386 g/mol.